The first-order valence-electron chi connectivity index (χ1n) is 8.43. The van der Waals surface area contributed by atoms with Gasteiger partial charge in [-0.25, -0.2) is 0 Å². The van der Waals surface area contributed by atoms with Gasteiger partial charge in [-0.05, 0) is 30.3 Å². The van der Waals surface area contributed by atoms with E-state index in [1.807, 2.05) is 0 Å². The van der Waals surface area contributed by atoms with E-state index in [4.69, 9.17) is 5.26 Å². The number of benzene rings is 2. The number of nitrogens with zero attached hydrogens (tertiary/aromatic N) is 3. The monoisotopic (exact) mass is 418 g/mol. The van der Waals surface area contributed by atoms with Gasteiger partial charge in [-0.15, -0.1) is 0 Å². The summed E-state index contributed by atoms with van der Waals surface area (Å²) in [6.45, 7) is -0.227. The highest BCUT2D eigenvalue weighted by molar-refractivity contribution is 5.94. The minimum atomic E-state index is -4.78. The van der Waals surface area contributed by atoms with Crippen molar-refractivity contribution in [3.05, 3.63) is 69.9 Å². The van der Waals surface area contributed by atoms with E-state index < -0.39 is 34.2 Å². The second-order valence-electron chi connectivity index (χ2n) is 6.34. The maximum absolute atomic E-state index is 13.0. The first kappa shape index (κ1) is 20.8. The van der Waals surface area contributed by atoms with Crippen LogP contribution in [0.15, 0.2) is 48.7 Å². The number of aliphatic hydroxyl groups is 1. The summed E-state index contributed by atoms with van der Waals surface area (Å²) in [5.74, 6) is -0.948. The molecule has 0 aliphatic carbocycles. The van der Waals surface area contributed by atoms with Gasteiger partial charge in [0.15, 0.2) is 6.10 Å². The third-order valence-electron chi connectivity index (χ3n) is 4.35. The maximum atomic E-state index is 13.0. The highest BCUT2D eigenvalue weighted by atomic mass is 19.4. The average molecular weight is 418 g/mol. The second-order valence-corrected chi connectivity index (χ2v) is 6.34. The van der Waals surface area contributed by atoms with E-state index in [0.29, 0.717) is 17.0 Å². The zero-order chi connectivity index (χ0) is 22.1. The lowest BCUT2D eigenvalue weighted by Crippen LogP contribution is -2.31. The molecule has 0 saturated carbocycles. The van der Waals surface area contributed by atoms with Crippen molar-refractivity contribution in [2.45, 2.75) is 18.8 Å². The summed E-state index contributed by atoms with van der Waals surface area (Å²) in [4.78, 5) is 22.5. The van der Waals surface area contributed by atoms with E-state index in [1.165, 1.54) is 35.0 Å². The number of nitrogens with one attached hydrogen (secondary N) is 1. The van der Waals surface area contributed by atoms with Crippen molar-refractivity contribution < 1.29 is 28.0 Å². The zero-order valence-electron chi connectivity index (χ0n) is 15.1. The van der Waals surface area contributed by atoms with Crippen molar-refractivity contribution >= 4 is 28.2 Å². The molecule has 0 radical (unpaired) electrons. The molecule has 0 aliphatic heterocycles. The molecule has 1 unspecified atom stereocenters. The SMILES string of the molecule is N#Cc1ccc(NC(=O)C(O)Cn2ccc3cc([N+](=O)[O-])ccc32)cc1C(F)(F)F. The first-order chi connectivity index (χ1) is 14.1. The van der Waals surface area contributed by atoms with Gasteiger partial charge in [0.2, 0.25) is 0 Å². The number of nitro groups is 1. The van der Waals surface area contributed by atoms with Crippen LogP contribution in [0.1, 0.15) is 11.1 Å². The number of carbonyl (C=O) groups excluding carboxylic acids is 1. The number of nitriles is 1. The molecule has 30 heavy (non-hydrogen) atoms. The number of anilines is 1. The largest absolute Gasteiger partial charge is 0.417 e. The van der Waals surface area contributed by atoms with Gasteiger partial charge in [0.1, 0.15) is 0 Å². The Labute approximate surface area is 166 Å². The lowest BCUT2D eigenvalue weighted by atomic mass is 10.1. The molecule has 2 aromatic carbocycles. The minimum Gasteiger partial charge on any atom is -0.381 e. The molecule has 1 amide bonds. The van der Waals surface area contributed by atoms with Gasteiger partial charge in [0.05, 0.1) is 28.7 Å². The fourth-order valence-corrected chi connectivity index (χ4v) is 2.91. The van der Waals surface area contributed by atoms with Gasteiger partial charge >= 0.3 is 6.18 Å². The quantitative estimate of drug-likeness (QED) is 0.486. The molecule has 8 nitrogen and oxygen atoms in total. The summed E-state index contributed by atoms with van der Waals surface area (Å²) in [5, 5.41) is 32.5. The number of alkyl halides is 3. The summed E-state index contributed by atoms with van der Waals surface area (Å²) < 4.78 is 40.6. The highest BCUT2D eigenvalue weighted by Gasteiger charge is 2.34. The summed E-state index contributed by atoms with van der Waals surface area (Å²) in [6, 6.07) is 9.77. The summed E-state index contributed by atoms with van der Waals surface area (Å²) in [5.41, 5.74) is -1.59. The van der Waals surface area contributed by atoms with Crippen molar-refractivity contribution in [1.29, 1.82) is 5.26 Å². The van der Waals surface area contributed by atoms with Crippen LogP contribution in [0.4, 0.5) is 24.5 Å². The fourth-order valence-electron chi connectivity index (χ4n) is 2.91. The van der Waals surface area contributed by atoms with Gasteiger partial charge < -0.3 is 15.0 Å². The molecule has 11 heteroatoms. The van der Waals surface area contributed by atoms with E-state index >= 15 is 0 Å². The van der Waals surface area contributed by atoms with Crippen LogP contribution >= 0.6 is 0 Å². The minimum absolute atomic E-state index is 0.111. The summed E-state index contributed by atoms with van der Waals surface area (Å²) in [6.07, 6.45) is -4.87. The molecule has 1 atom stereocenters. The van der Waals surface area contributed by atoms with Crippen molar-refractivity contribution in [2.75, 3.05) is 5.32 Å². The van der Waals surface area contributed by atoms with E-state index in [2.05, 4.69) is 5.32 Å². The van der Waals surface area contributed by atoms with Crippen molar-refractivity contribution in [3.63, 3.8) is 0 Å². The smallest absolute Gasteiger partial charge is 0.381 e. The topological polar surface area (TPSA) is 121 Å². The average Bonchev–Trinajstić information content (AvgIpc) is 3.09. The van der Waals surface area contributed by atoms with Gasteiger partial charge in [0.25, 0.3) is 11.6 Å². The van der Waals surface area contributed by atoms with Gasteiger partial charge in [-0.3, -0.25) is 14.9 Å². The maximum Gasteiger partial charge on any atom is 0.417 e. The number of nitro benzene ring substituents is 1. The molecule has 3 aromatic rings. The van der Waals surface area contributed by atoms with Gasteiger partial charge in [0, 0.05) is 34.9 Å². The van der Waals surface area contributed by atoms with Crippen molar-refractivity contribution in [2.24, 2.45) is 0 Å². The predicted octanol–water partition coefficient (Wildman–Crippen LogP) is 3.44. The van der Waals surface area contributed by atoms with E-state index in [-0.39, 0.29) is 17.9 Å². The molecular formula is C19H13F3N4O4. The third-order valence-corrected chi connectivity index (χ3v) is 4.35. The molecule has 0 aliphatic rings. The van der Waals surface area contributed by atoms with E-state index in [1.54, 1.807) is 6.07 Å². The third kappa shape index (κ3) is 4.23. The number of aromatic nitrogens is 1. The molecule has 0 bridgehead atoms. The van der Waals surface area contributed by atoms with Crippen LogP contribution in [0, 0.1) is 21.4 Å². The number of fused-ring (bicyclic) bond motifs is 1. The van der Waals surface area contributed by atoms with Crippen LogP contribution < -0.4 is 5.32 Å². The van der Waals surface area contributed by atoms with E-state index in [0.717, 1.165) is 12.1 Å². The Balaban J connectivity index is 1.76. The number of hydrogen-bond acceptors (Lipinski definition) is 5. The zero-order valence-corrected chi connectivity index (χ0v) is 15.1. The van der Waals surface area contributed by atoms with Crippen LogP contribution in [-0.4, -0.2) is 26.6 Å². The Bertz CT molecular complexity index is 1180. The van der Waals surface area contributed by atoms with Gasteiger partial charge in [-0.2, -0.15) is 18.4 Å². The first-order valence-corrected chi connectivity index (χ1v) is 8.43. The molecule has 154 valence electrons. The van der Waals surface area contributed by atoms with E-state index in [9.17, 15) is 33.2 Å². The molecule has 1 aromatic heterocycles. The number of hydrogen-bond donors (Lipinski definition) is 2. The van der Waals surface area contributed by atoms with Crippen LogP contribution in [0.3, 0.4) is 0 Å². The molecule has 2 N–H and O–H groups in total. The number of amides is 1. The molecule has 3 rings (SSSR count). The lowest BCUT2D eigenvalue weighted by Gasteiger charge is -2.15. The summed E-state index contributed by atoms with van der Waals surface area (Å²) in [7, 11) is 0. The Kier molecular flexibility index (Phi) is 5.44. The van der Waals surface area contributed by atoms with Crippen LogP contribution in [0.2, 0.25) is 0 Å². The van der Waals surface area contributed by atoms with Crippen LogP contribution in [0.25, 0.3) is 10.9 Å². The molecule has 0 spiro atoms. The van der Waals surface area contributed by atoms with Crippen LogP contribution in [0.5, 0.6) is 0 Å². The fraction of sp³-hybridized carbons (Fsp3) is 0.158. The number of rotatable bonds is 5. The van der Waals surface area contributed by atoms with Crippen molar-refractivity contribution in [1.82, 2.24) is 4.57 Å². The summed E-state index contributed by atoms with van der Waals surface area (Å²) >= 11 is 0. The number of carbonyl (C=O) groups is 1. The molecular weight excluding hydrogens is 405 g/mol. The lowest BCUT2D eigenvalue weighted by molar-refractivity contribution is -0.384. The van der Waals surface area contributed by atoms with Crippen LogP contribution in [-0.2, 0) is 17.5 Å². The molecule has 0 saturated heterocycles. The number of non-ortho nitro benzene ring substituents is 1. The standard InChI is InChI=1S/C19H13F3N4O4/c20-19(21,22)15-8-13(2-1-12(15)9-23)24-18(28)17(27)10-25-6-5-11-7-14(26(29)30)3-4-16(11)25/h1-8,17,27H,10H2,(H,24,28). The molecule has 1 heterocycles. The Morgan fingerprint density at radius 3 is 2.63 bits per heavy atom. The Morgan fingerprint density at radius 2 is 2.00 bits per heavy atom. The predicted molar refractivity (Wildman–Crippen MR) is 99.4 cm³/mol. The molecule has 0 fully saturated rings. The highest BCUT2D eigenvalue weighted by Crippen LogP contribution is 2.33. The normalized spacial score (nSPS) is 12.4. The number of aliphatic hydroxyl groups excluding tert-OH is 1. The van der Waals surface area contributed by atoms with Gasteiger partial charge in [-0.1, -0.05) is 0 Å². The van der Waals surface area contributed by atoms with Crippen molar-refractivity contribution in [3.8, 4) is 6.07 Å². The Morgan fingerprint density at radius 1 is 1.27 bits per heavy atom. The number of halogens is 3. The Hall–Kier alpha value is -3.91. The second kappa shape index (κ2) is 7.84.